The molecule has 0 bridgehead atoms. The van der Waals surface area contributed by atoms with E-state index in [1.807, 2.05) is 0 Å². The van der Waals surface area contributed by atoms with Gasteiger partial charge >= 0.3 is 0 Å². The zero-order valence-corrected chi connectivity index (χ0v) is 8.60. The summed E-state index contributed by atoms with van der Waals surface area (Å²) in [5, 5.41) is 3.90. The van der Waals surface area contributed by atoms with E-state index in [-0.39, 0.29) is 0 Å². The molecule has 1 atom stereocenters. The fourth-order valence-corrected chi connectivity index (χ4v) is 1.41. The van der Waals surface area contributed by atoms with Crippen molar-refractivity contribution in [3.8, 4) is 0 Å². The average Bonchev–Trinajstić information content (AvgIpc) is 2.49. The minimum Gasteiger partial charge on any atom is -0.384 e. The number of rotatable bonds is 5. The van der Waals surface area contributed by atoms with Crippen molar-refractivity contribution in [2.45, 2.75) is 6.92 Å². The smallest absolute Gasteiger partial charge is 0.233 e. The van der Waals surface area contributed by atoms with E-state index in [2.05, 4.69) is 21.6 Å². The second-order valence-corrected chi connectivity index (χ2v) is 3.65. The molecule has 0 aliphatic heterocycles. The van der Waals surface area contributed by atoms with Gasteiger partial charge in [0.2, 0.25) is 11.1 Å². The Hall–Kier alpha value is -0.880. The number of hydrogen-bond donors (Lipinski definition) is 2. The first-order chi connectivity index (χ1) is 6.22. The molecule has 6 heteroatoms. The van der Waals surface area contributed by atoms with Crippen LogP contribution in [0.15, 0.2) is 0 Å². The molecule has 0 saturated carbocycles. The van der Waals surface area contributed by atoms with Gasteiger partial charge < -0.3 is 15.8 Å². The van der Waals surface area contributed by atoms with Gasteiger partial charge in [0.15, 0.2) is 0 Å². The van der Waals surface area contributed by atoms with Crippen molar-refractivity contribution < 1.29 is 4.74 Å². The largest absolute Gasteiger partial charge is 0.384 e. The van der Waals surface area contributed by atoms with Crippen molar-refractivity contribution in [3.63, 3.8) is 0 Å². The molecule has 0 saturated heterocycles. The predicted octanol–water partition coefficient (Wildman–Crippen LogP) is 0.815. The van der Waals surface area contributed by atoms with E-state index in [4.69, 9.17) is 10.5 Å². The molecule has 3 N–H and O–H groups in total. The minimum absolute atomic E-state index is 0.326. The van der Waals surface area contributed by atoms with E-state index < -0.39 is 0 Å². The zero-order valence-electron chi connectivity index (χ0n) is 7.78. The number of hydrogen-bond acceptors (Lipinski definition) is 6. The molecule has 0 aliphatic rings. The highest BCUT2D eigenvalue weighted by molar-refractivity contribution is 7.09. The second kappa shape index (κ2) is 4.98. The SMILES string of the molecule is COCC(C)CNc1nc(N)ns1. The Morgan fingerprint density at radius 2 is 2.46 bits per heavy atom. The van der Waals surface area contributed by atoms with Gasteiger partial charge in [0, 0.05) is 25.2 Å². The third kappa shape index (κ3) is 3.56. The Kier molecular flexibility index (Phi) is 3.91. The standard InChI is InChI=1S/C7H14N4OS/c1-5(4-12-2)3-9-7-10-6(8)11-13-7/h5H,3-4H2,1-2H3,(H3,8,9,10,11). The summed E-state index contributed by atoms with van der Waals surface area (Å²) in [5.41, 5.74) is 5.37. The van der Waals surface area contributed by atoms with Crippen LogP contribution in [0.2, 0.25) is 0 Å². The van der Waals surface area contributed by atoms with E-state index >= 15 is 0 Å². The van der Waals surface area contributed by atoms with Gasteiger partial charge in [-0.2, -0.15) is 9.36 Å². The fraction of sp³-hybridized carbons (Fsp3) is 0.714. The first-order valence-electron chi connectivity index (χ1n) is 4.04. The molecule has 1 aromatic heterocycles. The molecule has 0 aliphatic carbocycles. The van der Waals surface area contributed by atoms with Crippen LogP contribution in [-0.2, 0) is 4.74 Å². The van der Waals surface area contributed by atoms with Gasteiger partial charge in [0.1, 0.15) is 0 Å². The maximum atomic E-state index is 5.37. The van der Waals surface area contributed by atoms with Crippen LogP contribution in [0.3, 0.4) is 0 Å². The number of methoxy groups -OCH3 is 1. The summed E-state index contributed by atoms with van der Waals surface area (Å²) >= 11 is 1.27. The second-order valence-electron chi connectivity index (χ2n) is 2.90. The lowest BCUT2D eigenvalue weighted by atomic mass is 10.2. The normalized spacial score (nSPS) is 12.8. The van der Waals surface area contributed by atoms with E-state index in [1.54, 1.807) is 7.11 Å². The molecule has 1 aromatic rings. The van der Waals surface area contributed by atoms with Crippen molar-refractivity contribution in [3.05, 3.63) is 0 Å². The van der Waals surface area contributed by atoms with Crippen molar-refractivity contribution in [1.29, 1.82) is 0 Å². The number of nitrogens with one attached hydrogen (secondary N) is 1. The molecule has 1 unspecified atom stereocenters. The summed E-state index contributed by atoms with van der Waals surface area (Å²) in [6, 6.07) is 0. The van der Waals surface area contributed by atoms with E-state index in [0.717, 1.165) is 18.3 Å². The fourth-order valence-electron chi connectivity index (χ4n) is 0.912. The summed E-state index contributed by atoms with van der Waals surface area (Å²) in [6.07, 6.45) is 0. The molecular weight excluding hydrogens is 188 g/mol. The molecule has 13 heavy (non-hydrogen) atoms. The first kappa shape index (κ1) is 10.2. The Morgan fingerprint density at radius 3 is 3.00 bits per heavy atom. The number of anilines is 2. The van der Waals surface area contributed by atoms with E-state index in [9.17, 15) is 0 Å². The van der Waals surface area contributed by atoms with Gasteiger partial charge in [0.05, 0.1) is 6.61 Å². The monoisotopic (exact) mass is 202 g/mol. The van der Waals surface area contributed by atoms with Crippen LogP contribution in [0.25, 0.3) is 0 Å². The van der Waals surface area contributed by atoms with Gasteiger partial charge in [-0.05, 0) is 5.92 Å². The summed E-state index contributed by atoms with van der Waals surface area (Å²) in [7, 11) is 1.69. The third-order valence-electron chi connectivity index (χ3n) is 1.49. The van der Waals surface area contributed by atoms with Crippen LogP contribution in [0.4, 0.5) is 11.1 Å². The Morgan fingerprint density at radius 1 is 1.69 bits per heavy atom. The van der Waals surface area contributed by atoms with Gasteiger partial charge in [-0.3, -0.25) is 0 Å². The third-order valence-corrected chi connectivity index (χ3v) is 2.18. The van der Waals surface area contributed by atoms with Gasteiger partial charge in [-0.25, -0.2) is 0 Å². The lowest BCUT2D eigenvalue weighted by Gasteiger charge is -2.09. The highest BCUT2D eigenvalue weighted by Crippen LogP contribution is 2.12. The Balaban J connectivity index is 2.26. The summed E-state index contributed by atoms with van der Waals surface area (Å²) < 4.78 is 8.86. The van der Waals surface area contributed by atoms with Crippen LogP contribution < -0.4 is 11.1 Å². The molecule has 0 aromatic carbocycles. The maximum absolute atomic E-state index is 5.37. The summed E-state index contributed by atoms with van der Waals surface area (Å²) in [5.74, 6) is 0.780. The predicted molar refractivity (Wildman–Crippen MR) is 53.9 cm³/mol. The number of nitrogens with two attached hydrogens (primary N) is 1. The van der Waals surface area contributed by atoms with Crippen molar-refractivity contribution in [1.82, 2.24) is 9.36 Å². The lowest BCUT2D eigenvalue weighted by molar-refractivity contribution is 0.164. The molecule has 74 valence electrons. The van der Waals surface area contributed by atoms with Gasteiger partial charge in [-0.15, -0.1) is 0 Å². The molecule has 1 rings (SSSR count). The number of ether oxygens (including phenoxy) is 1. The van der Waals surface area contributed by atoms with Crippen LogP contribution in [0.1, 0.15) is 6.92 Å². The highest BCUT2D eigenvalue weighted by atomic mass is 32.1. The van der Waals surface area contributed by atoms with Crippen LogP contribution in [-0.4, -0.2) is 29.6 Å². The van der Waals surface area contributed by atoms with E-state index in [1.165, 1.54) is 11.5 Å². The van der Waals surface area contributed by atoms with E-state index in [0.29, 0.717) is 11.9 Å². The molecular formula is C7H14N4OS. The van der Waals surface area contributed by atoms with Gasteiger partial charge in [-0.1, -0.05) is 6.92 Å². The average molecular weight is 202 g/mol. The van der Waals surface area contributed by atoms with Gasteiger partial charge in [0.25, 0.3) is 0 Å². The number of nitrogens with zero attached hydrogens (tertiary/aromatic N) is 2. The van der Waals surface area contributed by atoms with Crippen LogP contribution in [0.5, 0.6) is 0 Å². The molecule has 0 amide bonds. The molecule has 0 fully saturated rings. The number of nitrogen functional groups attached to an aromatic ring is 1. The zero-order chi connectivity index (χ0) is 9.68. The maximum Gasteiger partial charge on any atom is 0.233 e. The molecule has 0 spiro atoms. The summed E-state index contributed by atoms with van der Waals surface area (Å²) in [6.45, 7) is 3.66. The highest BCUT2D eigenvalue weighted by Gasteiger charge is 2.03. The van der Waals surface area contributed by atoms with Crippen LogP contribution in [0, 0.1) is 5.92 Å². The molecule has 1 heterocycles. The Bertz CT molecular complexity index is 252. The molecule has 0 radical (unpaired) electrons. The van der Waals surface area contributed by atoms with Crippen molar-refractivity contribution in [2.75, 3.05) is 31.3 Å². The van der Waals surface area contributed by atoms with Crippen molar-refractivity contribution in [2.24, 2.45) is 5.92 Å². The Labute approximate surface area is 81.5 Å². The van der Waals surface area contributed by atoms with Crippen LogP contribution >= 0.6 is 11.5 Å². The number of aromatic nitrogens is 2. The summed E-state index contributed by atoms with van der Waals surface area (Å²) in [4.78, 5) is 3.98. The topological polar surface area (TPSA) is 73.1 Å². The van der Waals surface area contributed by atoms with Crippen molar-refractivity contribution >= 4 is 22.6 Å². The lowest BCUT2D eigenvalue weighted by Crippen LogP contribution is -2.15. The minimum atomic E-state index is 0.326. The first-order valence-corrected chi connectivity index (χ1v) is 4.81. The molecule has 5 nitrogen and oxygen atoms in total. The quantitative estimate of drug-likeness (QED) is 0.739.